The first-order valence-corrected chi connectivity index (χ1v) is 9.62. The summed E-state index contributed by atoms with van der Waals surface area (Å²) in [4.78, 5) is 12.9. The molecule has 126 valence electrons. The molecule has 1 aliphatic rings. The Balaban J connectivity index is 2.04. The van der Waals surface area contributed by atoms with E-state index in [9.17, 15) is 4.79 Å². The average Bonchev–Trinajstić information content (AvgIpc) is 2.94. The van der Waals surface area contributed by atoms with Crippen molar-refractivity contribution in [2.24, 2.45) is 0 Å². The Morgan fingerprint density at radius 1 is 1.00 bits per heavy atom. The largest absolute Gasteiger partial charge is 0.312 e. The number of hydrogen-bond donors (Lipinski definition) is 0. The van der Waals surface area contributed by atoms with Crippen molar-refractivity contribution in [2.45, 2.75) is 20.8 Å². The van der Waals surface area contributed by atoms with Crippen molar-refractivity contribution < 1.29 is 4.79 Å². The predicted octanol–water partition coefficient (Wildman–Crippen LogP) is 4.42. The Morgan fingerprint density at radius 2 is 1.67 bits per heavy atom. The van der Waals surface area contributed by atoms with E-state index in [0.29, 0.717) is 6.54 Å². The quantitative estimate of drug-likeness (QED) is 0.754. The zero-order chi connectivity index (χ0) is 17.1. The molecule has 1 saturated heterocycles. The lowest BCUT2D eigenvalue weighted by Crippen LogP contribution is -2.30. The standard InChI is InChI=1S/C19H24N3OP/c1-4-20(5-2)24-21(18-13-9-10-16(3)14-18)15-19(23)22(24)17-11-7-6-8-12-17/h6-14H,4-5,15H2,1-3H3. The van der Waals surface area contributed by atoms with Crippen molar-refractivity contribution in [3.63, 3.8) is 0 Å². The summed E-state index contributed by atoms with van der Waals surface area (Å²) in [6.07, 6.45) is 0. The number of hydrogen-bond acceptors (Lipinski definition) is 3. The fourth-order valence-electron chi connectivity index (χ4n) is 3.02. The predicted molar refractivity (Wildman–Crippen MR) is 102 cm³/mol. The summed E-state index contributed by atoms with van der Waals surface area (Å²) < 4.78 is 6.64. The van der Waals surface area contributed by atoms with E-state index in [0.717, 1.165) is 24.5 Å². The van der Waals surface area contributed by atoms with E-state index in [4.69, 9.17) is 0 Å². The van der Waals surface area contributed by atoms with Crippen LogP contribution in [-0.4, -0.2) is 30.2 Å². The van der Waals surface area contributed by atoms with Crippen LogP contribution in [0.1, 0.15) is 19.4 Å². The minimum absolute atomic E-state index is 0.167. The van der Waals surface area contributed by atoms with E-state index in [1.165, 1.54) is 5.56 Å². The fraction of sp³-hybridized carbons (Fsp3) is 0.316. The molecular formula is C19H24N3OP. The molecule has 4 nitrogen and oxygen atoms in total. The van der Waals surface area contributed by atoms with Crippen LogP contribution in [0.3, 0.4) is 0 Å². The third-order valence-electron chi connectivity index (χ3n) is 4.20. The molecule has 1 heterocycles. The minimum Gasteiger partial charge on any atom is -0.312 e. The van der Waals surface area contributed by atoms with Gasteiger partial charge in [-0.1, -0.05) is 44.2 Å². The van der Waals surface area contributed by atoms with Crippen LogP contribution in [-0.2, 0) is 4.79 Å². The van der Waals surface area contributed by atoms with Gasteiger partial charge in [0, 0.05) is 18.8 Å². The maximum atomic E-state index is 12.9. The summed E-state index contributed by atoms with van der Waals surface area (Å²) >= 11 is 0. The molecule has 2 aromatic rings. The van der Waals surface area contributed by atoms with Gasteiger partial charge in [-0.2, -0.15) is 0 Å². The monoisotopic (exact) mass is 341 g/mol. The van der Waals surface area contributed by atoms with Gasteiger partial charge in [0.1, 0.15) is 6.54 Å². The number of amides is 1. The van der Waals surface area contributed by atoms with Gasteiger partial charge < -0.3 is 4.67 Å². The van der Waals surface area contributed by atoms with E-state index >= 15 is 0 Å². The molecule has 5 heteroatoms. The molecule has 0 aliphatic carbocycles. The first-order valence-electron chi connectivity index (χ1n) is 8.42. The van der Waals surface area contributed by atoms with Crippen LogP contribution in [0.5, 0.6) is 0 Å². The van der Waals surface area contributed by atoms with Gasteiger partial charge >= 0.3 is 0 Å². The first kappa shape index (κ1) is 16.9. The van der Waals surface area contributed by atoms with Crippen molar-refractivity contribution in [3.05, 3.63) is 60.2 Å². The highest BCUT2D eigenvalue weighted by molar-refractivity contribution is 7.60. The second-order valence-corrected chi connectivity index (χ2v) is 7.83. The van der Waals surface area contributed by atoms with Crippen molar-refractivity contribution in [3.8, 4) is 0 Å². The van der Waals surface area contributed by atoms with Crippen molar-refractivity contribution >= 4 is 25.7 Å². The Kier molecular flexibility index (Phi) is 5.17. The number of carbonyl (C=O) groups is 1. The van der Waals surface area contributed by atoms with Crippen molar-refractivity contribution in [1.82, 2.24) is 4.67 Å². The van der Waals surface area contributed by atoms with Gasteiger partial charge in [-0.25, -0.2) is 4.67 Å². The number of carbonyl (C=O) groups excluding carboxylic acids is 1. The lowest BCUT2D eigenvalue weighted by molar-refractivity contribution is -0.115. The molecule has 1 fully saturated rings. The molecule has 1 amide bonds. The summed E-state index contributed by atoms with van der Waals surface area (Å²) in [5.74, 6) is 0.167. The molecule has 0 radical (unpaired) electrons. The Hall–Kier alpha value is -1.90. The molecule has 2 aromatic carbocycles. The van der Waals surface area contributed by atoms with Gasteiger partial charge in [0.05, 0.1) is 5.69 Å². The number of nitrogens with zero attached hydrogens (tertiary/aromatic N) is 3. The topological polar surface area (TPSA) is 26.8 Å². The van der Waals surface area contributed by atoms with Crippen LogP contribution >= 0.6 is 8.37 Å². The molecule has 0 spiro atoms. The number of para-hydroxylation sites is 1. The normalized spacial score (nSPS) is 17.8. The zero-order valence-electron chi connectivity index (χ0n) is 14.5. The lowest BCUT2D eigenvalue weighted by atomic mass is 10.2. The minimum atomic E-state index is -0.889. The van der Waals surface area contributed by atoms with Crippen LogP contribution in [0.15, 0.2) is 54.6 Å². The molecule has 0 saturated carbocycles. The van der Waals surface area contributed by atoms with Crippen LogP contribution in [0.25, 0.3) is 0 Å². The van der Waals surface area contributed by atoms with E-state index in [2.05, 4.69) is 54.4 Å². The highest BCUT2D eigenvalue weighted by Crippen LogP contribution is 2.55. The number of benzene rings is 2. The van der Waals surface area contributed by atoms with Crippen LogP contribution in [0.2, 0.25) is 0 Å². The second kappa shape index (κ2) is 7.33. The first-order chi connectivity index (χ1) is 11.7. The van der Waals surface area contributed by atoms with Crippen LogP contribution in [0.4, 0.5) is 11.4 Å². The van der Waals surface area contributed by atoms with E-state index < -0.39 is 8.37 Å². The summed E-state index contributed by atoms with van der Waals surface area (Å²) in [6, 6.07) is 18.5. The Morgan fingerprint density at radius 3 is 2.29 bits per heavy atom. The Labute approximate surface area is 145 Å². The number of aryl methyl sites for hydroxylation is 1. The SMILES string of the molecule is CCN(CC)P1N(c2cccc(C)c2)CC(=O)N1c1ccccc1. The van der Waals surface area contributed by atoms with Gasteiger partial charge in [-0.3, -0.25) is 9.46 Å². The summed E-state index contributed by atoms with van der Waals surface area (Å²) in [5, 5.41) is 0. The third kappa shape index (κ3) is 3.17. The fourth-order valence-corrected chi connectivity index (χ4v) is 5.48. The van der Waals surface area contributed by atoms with Gasteiger partial charge in [0.2, 0.25) is 0 Å². The summed E-state index contributed by atoms with van der Waals surface area (Å²) in [6.45, 7) is 8.68. The van der Waals surface area contributed by atoms with Crippen molar-refractivity contribution in [1.29, 1.82) is 0 Å². The van der Waals surface area contributed by atoms with Gasteiger partial charge in [0.25, 0.3) is 5.91 Å². The van der Waals surface area contributed by atoms with E-state index in [1.54, 1.807) is 0 Å². The smallest absolute Gasteiger partial charge is 0.252 e. The molecule has 24 heavy (non-hydrogen) atoms. The van der Waals surface area contributed by atoms with E-state index in [1.807, 2.05) is 35.0 Å². The number of anilines is 2. The Bertz CT molecular complexity index is 703. The molecule has 0 N–H and O–H groups in total. The molecule has 0 aromatic heterocycles. The third-order valence-corrected chi connectivity index (χ3v) is 6.89. The van der Waals surface area contributed by atoms with Gasteiger partial charge in [-0.05, 0) is 36.8 Å². The maximum Gasteiger partial charge on any atom is 0.252 e. The molecule has 3 rings (SSSR count). The zero-order valence-corrected chi connectivity index (χ0v) is 15.4. The molecule has 0 bridgehead atoms. The molecule has 1 aliphatic heterocycles. The molecular weight excluding hydrogens is 317 g/mol. The summed E-state index contributed by atoms with van der Waals surface area (Å²) in [7, 11) is -0.889. The molecule has 1 atom stereocenters. The second-order valence-electron chi connectivity index (χ2n) is 5.84. The van der Waals surface area contributed by atoms with Gasteiger partial charge in [-0.15, -0.1) is 0 Å². The van der Waals surface area contributed by atoms with Gasteiger partial charge in [0.15, 0.2) is 8.37 Å². The van der Waals surface area contributed by atoms with Crippen molar-refractivity contribution in [2.75, 3.05) is 29.0 Å². The maximum absolute atomic E-state index is 12.9. The highest BCUT2D eigenvalue weighted by Gasteiger charge is 2.42. The average molecular weight is 341 g/mol. The van der Waals surface area contributed by atoms with Crippen LogP contribution < -0.4 is 9.34 Å². The summed E-state index contributed by atoms with van der Waals surface area (Å²) in [5.41, 5.74) is 3.32. The lowest BCUT2D eigenvalue weighted by Gasteiger charge is -2.37. The molecule has 1 unspecified atom stereocenters. The highest BCUT2D eigenvalue weighted by atomic mass is 31.2. The van der Waals surface area contributed by atoms with Crippen LogP contribution in [0, 0.1) is 6.92 Å². The van der Waals surface area contributed by atoms with E-state index in [-0.39, 0.29) is 5.91 Å². The number of rotatable bonds is 5.